The van der Waals surface area contributed by atoms with Crippen LogP contribution in [0.2, 0.25) is 0 Å². The average Bonchev–Trinajstić information content (AvgIpc) is 3.42. The zero-order chi connectivity index (χ0) is 33.5. The Morgan fingerprint density at radius 2 is 1.56 bits per heavy atom. The first-order chi connectivity index (χ1) is 21.1. The normalized spacial score (nSPS) is 22.3. The fourth-order valence-corrected chi connectivity index (χ4v) is 6.69. The van der Waals surface area contributed by atoms with E-state index in [1.165, 1.54) is 12.0 Å². The number of nitrogens with two attached hydrogens (primary N) is 1. The topological polar surface area (TPSA) is 186 Å². The predicted molar refractivity (Wildman–Crippen MR) is 166 cm³/mol. The third kappa shape index (κ3) is 10.3. The van der Waals surface area contributed by atoms with Gasteiger partial charge in [0.15, 0.2) is 0 Å². The van der Waals surface area contributed by atoms with Gasteiger partial charge in [0.05, 0.1) is 19.2 Å². The van der Waals surface area contributed by atoms with E-state index < -0.39 is 65.3 Å². The molecule has 3 aliphatic rings. The summed E-state index contributed by atoms with van der Waals surface area (Å²) in [5.41, 5.74) is 4.57. The van der Waals surface area contributed by atoms with Crippen LogP contribution < -0.4 is 21.7 Å². The second kappa shape index (κ2) is 15.8. The zero-order valence-electron chi connectivity index (χ0n) is 27.7. The van der Waals surface area contributed by atoms with E-state index in [1.54, 1.807) is 0 Å². The summed E-state index contributed by atoms with van der Waals surface area (Å²) in [7, 11) is 1.22. The maximum atomic E-state index is 14.3. The smallest absolute Gasteiger partial charge is 0.438 e. The third-order valence-corrected chi connectivity index (χ3v) is 9.21. The summed E-state index contributed by atoms with van der Waals surface area (Å²) in [6, 6.07) is -3.96. The standard InChI is InChI=1S/C32H53N5O8/c1-18(2)15-21-13-14-37(24(21)28(40)34-22(16-19-11-12-19)25(38)27(33)39)29(41)26(32(3,4)5)36-30(42)35-23(17-45-31(43)44-6)20-9-7-8-10-20/h18-24,26H,7-17H2,1-6H3,(H2,33,39)(H,34,40)(H2,35,36,42)/t21-,22?,23-,24?,26?/m1/s1. The van der Waals surface area contributed by atoms with Gasteiger partial charge in [-0.1, -0.05) is 60.3 Å². The summed E-state index contributed by atoms with van der Waals surface area (Å²) in [4.78, 5) is 79.1. The van der Waals surface area contributed by atoms with Crippen molar-refractivity contribution >= 4 is 35.7 Å². The van der Waals surface area contributed by atoms with Crippen molar-refractivity contribution in [3.8, 4) is 0 Å². The van der Waals surface area contributed by atoms with Gasteiger partial charge in [0.1, 0.15) is 18.7 Å². The summed E-state index contributed by atoms with van der Waals surface area (Å²) in [5.74, 6) is -2.42. The Morgan fingerprint density at radius 1 is 0.911 bits per heavy atom. The molecule has 0 bridgehead atoms. The quantitative estimate of drug-likeness (QED) is 0.166. The van der Waals surface area contributed by atoms with Gasteiger partial charge in [0, 0.05) is 6.54 Å². The maximum Gasteiger partial charge on any atom is 0.508 e. The molecule has 2 saturated carbocycles. The van der Waals surface area contributed by atoms with E-state index >= 15 is 0 Å². The number of methoxy groups -OCH3 is 1. The fraction of sp³-hybridized carbons (Fsp3) is 0.812. The number of nitrogens with one attached hydrogen (secondary N) is 3. The van der Waals surface area contributed by atoms with Crippen LogP contribution in [-0.2, 0) is 28.7 Å². The van der Waals surface area contributed by atoms with E-state index in [2.05, 4.69) is 20.7 Å². The lowest BCUT2D eigenvalue weighted by atomic mass is 9.85. The molecule has 5 amide bonds. The lowest BCUT2D eigenvalue weighted by molar-refractivity contribution is -0.144. The first kappa shape index (κ1) is 36.1. The molecule has 0 aromatic carbocycles. The Bertz CT molecular complexity index is 1100. The third-order valence-electron chi connectivity index (χ3n) is 9.21. The Kier molecular flexibility index (Phi) is 12.6. The van der Waals surface area contributed by atoms with E-state index in [9.17, 15) is 28.8 Å². The van der Waals surface area contributed by atoms with Crippen molar-refractivity contribution in [2.45, 2.75) is 117 Å². The van der Waals surface area contributed by atoms with E-state index in [1.807, 2.05) is 34.6 Å². The highest BCUT2D eigenvalue weighted by atomic mass is 16.7. The van der Waals surface area contributed by atoms with E-state index in [4.69, 9.17) is 10.5 Å². The predicted octanol–water partition coefficient (Wildman–Crippen LogP) is 2.64. The number of ether oxygens (including phenoxy) is 2. The molecule has 3 fully saturated rings. The number of hydrogen-bond donors (Lipinski definition) is 4. The number of primary amides is 1. The van der Waals surface area contributed by atoms with Crippen LogP contribution in [0.4, 0.5) is 9.59 Å². The number of carbonyl (C=O) groups is 6. The van der Waals surface area contributed by atoms with Crippen LogP contribution in [-0.4, -0.2) is 85.0 Å². The van der Waals surface area contributed by atoms with Crippen molar-refractivity contribution in [2.75, 3.05) is 20.3 Å². The number of nitrogens with zero attached hydrogens (tertiary/aromatic N) is 1. The summed E-state index contributed by atoms with van der Waals surface area (Å²) in [6.45, 7) is 9.83. The maximum absolute atomic E-state index is 14.3. The van der Waals surface area contributed by atoms with Gasteiger partial charge in [-0.15, -0.1) is 0 Å². The fourth-order valence-electron chi connectivity index (χ4n) is 6.69. The molecule has 13 nitrogen and oxygen atoms in total. The van der Waals surface area contributed by atoms with Gasteiger partial charge in [0.25, 0.3) is 5.91 Å². The molecule has 3 rings (SSSR count). The van der Waals surface area contributed by atoms with Crippen molar-refractivity contribution in [3.63, 3.8) is 0 Å². The zero-order valence-corrected chi connectivity index (χ0v) is 27.7. The molecular formula is C32H53N5O8. The Hall–Kier alpha value is -3.38. The highest BCUT2D eigenvalue weighted by Gasteiger charge is 2.47. The van der Waals surface area contributed by atoms with Gasteiger partial charge in [0.2, 0.25) is 17.6 Å². The number of likely N-dealkylation sites (tertiary alicyclic amines) is 1. The van der Waals surface area contributed by atoms with Crippen LogP contribution in [0.15, 0.2) is 0 Å². The van der Waals surface area contributed by atoms with Gasteiger partial charge < -0.3 is 36.1 Å². The van der Waals surface area contributed by atoms with Crippen molar-refractivity contribution < 1.29 is 38.2 Å². The summed E-state index contributed by atoms with van der Waals surface area (Å²) >= 11 is 0. The minimum atomic E-state index is -1.10. The Labute approximate surface area is 266 Å². The van der Waals surface area contributed by atoms with Crippen LogP contribution >= 0.6 is 0 Å². The average molecular weight is 636 g/mol. The number of ketones is 1. The first-order valence-corrected chi connectivity index (χ1v) is 16.3. The SMILES string of the molecule is COC(=O)OC[C@@H](NC(=O)NC(C(=O)N1CC[C@H](CC(C)C)C1C(=O)NC(CC1CC1)C(=O)C(N)=O)C(C)(C)C)C1CCCC1. The molecule has 1 saturated heterocycles. The number of carbonyl (C=O) groups excluding carboxylic acids is 6. The van der Waals surface area contributed by atoms with Crippen LogP contribution in [0.25, 0.3) is 0 Å². The number of hydrogen-bond acceptors (Lipinski definition) is 8. The van der Waals surface area contributed by atoms with Crippen LogP contribution in [0, 0.1) is 29.1 Å². The number of urea groups is 1. The largest absolute Gasteiger partial charge is 0.508 e. The second-order valence-corrected chi connectivity index (χ2v) is 14.5. The molecule has 13 heteroatoms. The summed E-state index contributed by atoms with van der Waals surface area (Å²) < 4.78 is 9.75. The molecule has 3 unspecified atom stereocenters. The molecule has 0 spiro atoms. The first-order valence-electron chi connectivity index (χ1n) is 16.3. The van der Waals surface area contributed by atoms with E-state index in [-0.39, 0.29) is 30.3 Å². The molecule has 0 aromatic rings. The van der Waals surface area contributed by atoms with Crippen LogP contribution in [0.5, 0.6) is 0 Å². The van der Waals surface area contributed by atoms with Gasteiger partial charge in [-0.25, -0.2) is 9.59 Å². The highest BCUT2D eigenvalue weighted by Crippen LogP contribution is 2.35. The van der Waals surface area contributed by atoms with Gasteiger partial charge in [-0.3, -0.25) is 19.2 Å². The minimum absolute atomic E-state index is 0.0593. The Balaban J connectivity index is 1.80. The summed E-state index contributed by atoms with van der Waals surface area (Å²) in [5, 5.41) is 8.54. The molecule has 0 aromatic heterocycles. The molecule has 1 aliphatic heterocycles. The number of amides is 5. The van der Waals surface area contributed by atoms with Gasteiger partial charge in [-0.05, 0) is 61.2 Å². The van der Waals surface area contributed by atoms with Crippen LogP contribution in [0.3, 0.4) is 0 Å². The second-order valence-electron chi connectivity index (χ2n) is 14.5. The van der Waals surface area contributed by atoms with E-state index in [0.717, 1.165) is 38.5 Å². The monoisotopic (exact) mass is 635 g/mol. The lowest BCUT2D eigenvalue weighted by Gasteiger charge is -2.37. The summed E-state index contributed by atoms with van der Waals surface area (Å²) in [6.07, 6.45) is 6.35. The van der Waals surface area contributed by atoms with Crippen molar-refractivity contribution in [3.05, 3.63) is 0 Å². The molecular weight excluding hydrogens is 582 g/mol. The molecule has 0 radical (unpaired) electrons. The van der Waals surface area contributed by atoms with Crippen molar-refractivity contribution in [1.82, 2.24) is 20.9 Å². The molecule has 254 valence electrons. The van der Waals surface area contributed by atoms with Crippen molar-refractivity contribution in [1.29, 1.82) is 0 Å². The van der Waals surface area contributed by atoms with E-state index in [0.29, 0.717) is 25.8 Å². The van der Waals surface area contributed by atoms with Crippen LogP contribution in [0.1, 0.15) is 92.4 Å². The molecule has 5 atom stereocenters. The Morgan fingerprint density at radius 3 is 2.09 bits per heavy atom. The van der Waals surface area contributed by atoms with Crippen molar-refractivity contribution in [2.24, 2.45) is 34.8 Å². The number of rotatable bonds is 14. The molecule has 2 aliphatic carbocycles. The van der Waals surface area contributed by atoms with Gasteiger partial charge >= 0.3 is 12.2 Å². The minimum Gasteiger partial charge on any atom is -0.438 e. The van der Waals surface area contributed by atoms with Gasteiger partial charge in [-0.2, -0.15) is 0 Å². The molecule has 45 heavy (non-hydrogen) atoms. The number of Topliss-reactive ketones (excluding diaryl/α,β-unsaturated/α-hetero) is 1. The highest BCUT2D eigenvalue weighted by molar-refractivity contribution is 6.37. The molecule has 1 heterocycles. The molecule has 5 N–H and O–H groups in total. The lowest BCUT2D eigenvalue weighted by Crippen LogP contribution is -2.61.